The summed E-state index contributed by atoms with van der Waals surface area (Å²) in [5.41, 5.74) is -0.148. The zero-order valence-corrected chi connectivity index (χ0v) is 9.77. The molecular weight excluding hydrogens is 226 g/mol. The number of nitrogens with one attached hydrogen (secondary N) is 2. The second-order valence-corrected chi connectivity index (χ2v) is 3.13. The third-order valence-electron chi connectivity index (χ3n) is 1.95. The van der Waals surface area contributed by atoms with Crippen molar-refractivity contribution in [2.24, 2.45) is 0 Å². The summed E-state index contributed by atoms with van der Waals surface area (Å²) < 4.78 is 4.85. The summed E-state index contributed by atoms with van der Waals surface area (Å²) in [4.78, 5) is 18.2. The van der Waals surface area contributed by atoms with Gasteiger partial charge < -0.3 is 15.4 Å². The Kier molecular flexibility index (Phi) is 5.08. The third kappa shape index (κ3) is 3.52. The van der Waals surface area contributed by atoms with Gasteiger partial charge in [-0.2, -0.15) is 0 Å². The monoisotopic (exact) mass is 241 g/mol. The molecule has 0 aliphatic heterocycles. The first-order valence-electron chi connectivity index (χ1n) is 5.16. The van der Waals surface area contributed by atoms with Crippen LogP contribution in [0.2, 0.25) is 0 Å². The standard InChI is InChI=1S/C9H15N5O3/c1-3-10-8-7(14(15)16)9(13-6-12-8)11-4-5-17-2/h6H,3-5H2,1-2H3,(H2,10,11,12,13). The normalized spacial score (nSPS) is 10.0. The number of ether oxygens (including phenoxy) is 1. The van der Waals surface area contributed by atoms with Gasteiger partial charge in [-0.3, -0.25) is 10.1 Å². The minimum absolute atomic E-state index is 0.148. The molecule has 0 spiro atoms. The van der Waals surface area contributed by atoms with Crippen molar-refractivity contribution in [2.75, 3.05) is 37.4 Å². The summed E-state index contributed by atoms with van der Waals surface area (Å²) in [6.45, 7) is 3.27. The maximum absolute atomic E-state index is 11.0. The van der Waals surface area contributed by atoms with E-state index in [-0.39, 0.29) is 17.3 Å². The van der Waals surface area contributed by atoms with Gasteiger partial charge in [0, 0.05) is 20.2 Å². The Labute approximate surface area is 98.6 Å². The highest BCUT2D eigenvalue weighted by Gasteiger charge is 2.21. The van der Waals surface area contributed by atoms with Crippen molar-refractivity contribution < 1.29 is 9.66 Å². The van der Waals surface area contributed by atoms with Crippen LogP contribution < -0.4 is 10.6 Å². The second-order valence-electron chi connectivity index (χ2n) is 3.13. The van der Waals surface area contributed by atoms with Gasteiger partial charge in [-0.25, -0.2) is 9.97 Å². The fourth-order valence-electron chi connectivity index (χ4n) is 1.25. The predicted octanol–water partition coefficient (Wildman–Crippen LogP) is 0.875. The molecule has 0 saturated carbocycles. The zero-order valence-electron chi connectivity index (χ0n) is 9.77. The van der Waals surface area contributed by atoms with Crippen LogP contribution in [0.25, 0.3) is 0 Å². The molecule has 17 heavy (non-hydrogen) atoms. The lowest BCUT2D eigenvalue weighted by Gasteiger charge is -2.08. The topological polar surface area (TPSA) is 102 Å². The van der Waals surface area contributed by atoms with Crippen molar-refractivity contribution in [3.63, 3.8) is 0 Å². The van der Waals surface area contributed by atoms with E-state index in [9.17, 15) is 10.1 Å². The Balaban J connectivity index is 2.94. The average molecular weight is 241 g/mol. The molecule has 1 rings (SSSR count). The summed E-state index contributed by atoms with van der Waals surface area (Å²) in [6.07, 6.45) is 1.28. The Morgan fingerprint density at radius 1 is 1.41 bits per heavy atom. The molecule has 2 N–H and O–H groups in total. The Hall–Kier alpha value is -1.96. The van der Waals surface area contributed by atoms with Gasteiger partial charge in [0.2, 0.25) is 11.6 Å². The van der Waals surface area contributed by atoms with Crippen LogP contribution in [-0.4, -0.2) is 41.7 Å². The Morgan fingerprint density at radius 3 is 2.59 bits per heavy atom. The molecule has 8 heteroatoms. The summed E-state index contributed by atoms with van der Waals surface area (Å²) in [5.74, 6) is 0.408. The lowest BCUT2D eigenvalue weighted by Crippen LogP contribution is -2.13. The zero-order chi connectivity index (χ0) is 12.7. The molecule has 0 radical (unpaired) electrons. The molecule has 0 aliphatic carbocycles. The maximum Gasteiger partial charge on any atom is 0.353 e. The molecule has 8 nitrogen and oxygen atoms in total. The molecule has 1 heterocycles. The molecule has 0 bridgehead atoms. The van der Waals surface area contributed by atoms with Gasteiger partial charge in [-0.1, -0.05) is 0 Å². The molecule has 0 fully saturated rings. The average Bonchev–Trinajstić information content (AvgIpc) is 2.29. The molecule has 1 aromatic rings. The van der Waals surface area contributed by atoms with Crippen molar-refractivity contribution in [2.45, 2.75) is 6.92 Å². The predicted molar refractivity (Wildman–Crippen MR) is 63.2 cm³/mol. The van der Waals surface area contributed by atoms with Gasteiger partial charge in [0.05, 0.1) is 11.5 Å². The first-order chi connectivity index (χ1) is 8.20. The molecule has 94 valence electrons. The summed E-state index contributed by atoms with van der Waals surface area (Å²) in [7, 11) is 1.56. The lowest BCUT2D eigenvalue weighted by molar-refractivity contribution is -0.383. The van der Waals surface area contributed by atoms with Gasteiger partial charge in [-0.05, 0) is 6.92 Å². The molecule has 0 amide bonds. The van der Waals surface area contributed by atoms with E-state index in [4.69, 9.17) is 4.74 Å². The fourth-order valence-corrected chi connectivity index (χ4v) is 1.25. The van der Waals surface area contributed by atoms with Gasteiger partial charge in [-0.15, -0.1) is 0 Å². The number of anilines is 2. The van der Waals surface area contributed by atoms with E-state index in [2.05, 4.69) is 20.6 Å². The van der Waals surface area contributed by atoms with Crippen molar-refractivity contribution in [3.8, 4) is 0 Å². The van der Waals surface area contributed by atoms with Crippen LogP contribution in [0.4, 0.5) is 17.3 Å². The van der Waals surface area contributed by atoms with E-state index < -0.39 is 4.92 Å². The minimum atomic E-state index is -0.507. The number of aromatic nitrogens is 2. The van der Waals surface area contributed by atoms with Crippen LogP contribution in [0.15, 0.2) is 6.33 Å². The van der Waals surface area contributed by atoms with Gasteiger partial charge in [0.15, 0.2) is 0 Å². The molecule has 0 unspecified atom stereocenters. The van der Waals surface area contributed by atoms with Crippen LogP contribution in [0, 0.1) is 10.1 Å². The Morgan fingerprint density at radius 2 is 2.06 bits per heavy atom. The molecular formula is C9H15N5O3. The van der Waals surface area contributed by atoms with E-state index in [1.165, 1.54) is 6.33 Å². The molecule has 0 aliphatic rings. The largest absolute Gasteiger partial charge is 0.383 e. The van der Waals surface area contributed by atoms with E-state index in [0.717, 1.165) is 0 Å². The van der Waals surface area contributed by atoms with Crippen LogP contribution >= 0.6 is 0 Å². The van der Waals surface area contributed by atoms with Crippen LogP contribution in [0.1, 0.15) is 6.92 Å². The number of nitro groups is 1. The molecule has 0 aromatic carbocycles. The highest BCUT2D eigenvalue weighted by Crippen LogP contribution is 2.28. The first-order valence-corrected chi connectivity index (χ1v) is 5.16. The highest BCUT2D eigenvalue weighted by molar-refractivity contribution is 5.69. The summed E-state index contributed by atoms with van der Waals surface area (Å²) in [6, 6.07) is 0. The number of hydrogen-bond acceptors (Lipinski definition) is 7. The van der Waals surface area contributed by atoms with Crippen molar-refractivity contribution in [1.82, 2.24) is 9.97 Å². The van der Waals surface area contributed by atoms with Crippen LogP contribution in [0.3, 0.4) is 0 Å². The highest BCUT2D eigenvalue weighted by atomic mass is 16.6. The van der Waals surface area contributed by atoms with Gasteiger partial charge in [0.1, 0.15) is 6.33 Å². The molecule has 1 aromatic heterocycles. The molecule has 0 atom stereocenters. The third-order valence-corrected chi connectivity index (χ3v) is 1.95. The Bertz CT molecular complexity index is 385. The second kappa shape index (κ2) is 6.59. The van der Waals surface area contributed by atoms with Gasteiger partial charge >= 0.3 is 5.69 Å². The fraction of sp³-hybridized carbons (Fsp3) is 0.556. The van der Waals surface area contributed by atoms with E-state index in [1.807, 2.05) is 6.92 Å². The van der Waals surface area contributed by atoms with E-state index in [1.54, 1.807) is 7.11 Å². The van der Waals surface area contributed by atoms with Crippen molar-refractivity contribution >= 4 is 17.3 Å². The lowest BCUT2D eigenvalue weighted by atomic mass is 10.4. The molecule has 0 saturated heterocycles. The SMILES string of the molecule is CCNc1ncnc(NCCOC)c1[N+](=O)[O-]. The summed E-state index contributed by atoms with van der Waals surface area (Å²) >= 11 is 0. The number of methoxy groups -OCH3 is 1. The number of nitrogens with zero attached hydrogens (tertiary/aromatic N) is 3. The van der Waals surface area contributed by atoms with E-state index in [0.29, 0.717) is 19.7 Å². The van der Waals surface area contributed by atoms with Crippen molar-refractivity contribution in [1.29, 1.82) is 0 Å². The first kappa shape index (κ1) is 13.1. The summed E-state index contributed by atoms with van der Waals surface area (Å²) in [5, 5.41) is 16.6. The number of hydrogen-bond donors (Lipinski definition) is 2. The van der Waals surface area contributed by atoms with Gasteiger partial charge in [0.25, 0.3) is 0 Å². The smallest absolute Gasteiger partial charge is 0.353 e. The van der Waals surface area contributed by atoms with E-state index >= 15 is 0 Å². The van der Waals surface area contributed by atoms with Crippen LogP contribution in [-0.2, 0) is 4.74 Å². The quantitative estimate of drug-likeness (QED) is 0.415. The minimum Gasteiger partial charge on any atom is -0.383 e. The maximum atomic E-state index is 11.0. The number of rotatable bonds is 7. The van der Waals surface area contributed by atoms with Crippen molar-refractivity contribution in [3.05, 3.63) is 16.4 Å². The van der Waals surface area contributed by atoms with Crippen LogP contribution in [0.5, 0.6) is 0 Å².